The van der Waals surface area contributed by atoms with E-state index in [0.29, 0.717) is 0 Å². The zero-order chi connectivity index (χ0) is 8.97. The number of thiazole rings is 1. The molecule has 2 unspecified atom stereocenters. The van der Waals surface area contributed by atoms with Crippen LogP contribution in [-0.4, -0.2) is 22.2 Å². The van der Waals surface area contributed by atoms with E-state index in [-0.39, 0.29) is 12.1 Å². The van der Waals surface area contributed by atoms with Crippen LogP contribution in [0.2, 0.25) is 0 Å². The third kappa shape index (κ3) is 3.19. The molecule has 0 aliphatic carbocycles. The molecule has 0 aromatic carbocycles. The lowest BCUT2D eigenvalue weighted by Gasteiger charge is -2.13. The van der Waals surface area contributed by atoms with Crippen molar-refractivity contribution in [3.05, 3.63) is 11.6 Å². The van der Waals surface area contributed by atoms with Crippen LogP contribution < -0.4 is 5.32 Å². The maximum atomic E-state index is 9.09. The second-order valence-corrected chi connectivity index (χ2v) is 3.86. The van der Waals surface area contributed by atoms with Crippen LogP contribution in [0.3, 0.4) is 0 Å². The molecule has 1 heterocycles. The molecule has 1 rings (SSSR count). The van der Waals surface area contributed by atoms with Gasteiger partial charge < -0.3 is 10.4 Å². The van der Waals surface area contributed by atoms with Crippen LogP contribution >= 0.6 is 11.3 Å². The summed E-state index contributed by atoms with van der Waals surface area (Å²) >= 11 is 1.57. The standard InChI is InChI=1S/C8H14N2OS/c1-6(5-7(2)11)10-8-9-3-4-12-8/h3-4,6-7,11H,5H2,1-2H3,(H,9,10). The predicted octanol–water partition coefficient (Wildman–Crippen LogP) is 1.71. The Morgan fingerprint density at radius 3 is 2.92 bits per heavy atom. The number of aliphatic hydroxyl groups is 1. The number of anilines is 1. The molecule has 0 fully saturated rings. The van der Waals surface area contributed by atoms with Crippen molar-refractivity contribution < 1.29 is 5.11 Å². The van der Waals surface area contributed by atoms with E-state index in [1.165, 1.54) is 0 Å². The van der Waals surface area contributed by atoms with E-state index in [4.69, 9.17) is 5.11 Å². The monoisotopic (exact) mass is 186 g/mol. The molecule has 4 heteroatoms. The Morgan fingerprint density at radius 1 is 1.67 bits per heavy atom. The number of hydrogen-bond acceptors (Lipinski definition) is 4. The smallest absolute Gasteiger partial charge is 0.182 e. The summed E-state index contributed by atoms with van der Waals surface area (Å²) in [7, 11) is 0. The zero-order valence-electron chi connectivity index (χ0n) is 7.32. The number of aromatic nitrogens is 1. The Balaban J connectivity index is 2.32. The van der Waals surface area contributed by atoms with Gasteiger partial charge >= 0.3 is 0 Å². The van der Waals surface area contributed by atoms with Crippen LogP contribution in [0.5, 0.6) is 0 Å². The maximum Gasteiger partial charge on any atom is 0.182 e. The van der Waals surface area contributed by atoms with Gasteiger partial charge in [0.15, 0.2) is 5.13 Å². The molecular weight excluding hydrogens is 172 g/mol. The fraction of sp³-hybridized carbons (Fsp3) is 0.625. The van der Waals surface area contributed by atoms with Crippen molar-refractivity contribution in [3.8, 4) is 0 Å². The zero-order valence-corrected chi connectivity index (χ0v) is 8.14. The Bertz CT molecular complexity index is 211. The summed E-state index contributed by atoms with van der Waals surface area (Å²) in [4.78, 5) is 4.09. The van der Waals surface area contributed by atoms with Gasteiger partial charge in [0.2, 0.25) is 0 Å². The Morgan fingerprint density at radius 2 is 2.42 bits per heavy atom. The average Bonchev–Trinajstić information content (AvgIpc) is 2.37. The number of rotatable bonds is 4. The van der Waals surface area contributed by atoms with Crippen LogP contribution in [0.15, 0.2) is 11.6 Å². The van der Waals surface area contributed by atoms with Crippen molar-refractivity contribution in [2.75, 3.05) is 5.32 Å². The molecule has 0 radical (unpaired) electrons. The molecule has 0 bridgehead atoms. The molecule has 0 spiro atoms. The highest BCUT2D eigenvalue weighted by Crippen LogP contribution is 2.13. The average molecular weight is 186 g/mol. The SMILES string of the molecule is CC(O)CC(C)Nc1nccs1. The van der Waals surface area contributed by atoms with E-state index in [2.05, 4.69) is 10.3 Å². The normalized spacial score (nSPS) is 15.6. The molecular formula is C8H14N2OS. The number of nitrogens with one attached hydrogen (secondary N) is 1. The van der Waals surface area contributed by atoms with Gasteiger partial charge in [0.05, 0.1) is 6.10 Å². The fourth-order valence-electron chi connectivity index (χ4n) is 1.08. The molecule has 2 N–H and O–H groups in total. The van der Waals surface area contributed by atoms with Crippen LogP contribution in [0, 0.1) is 0 Å². The third-order valence-electron chi connectivity index (χ3n) is 1.50. The van der Waals surface area contributed by atoms with Gasteiger partial charge in [-0.15, -0.1) is 11.3 Å². The van der Waals surface area contributed by atoms with Gasteiger partial charge in [-0.2, -0.15) is 0 Å². The Kier molecular flexibility index (Phi) is 3.49. The van der Waals surface area contributed by atoms with Gasteiger partial charge in [0, 0.05) is 17.6 Å². The van der Waals surface area contributed by atoms with E-state index in [1.54, 1.807) is 24.5 Å². The first kappa shape index (κ1) is 9.48. The molecule has 68 valence electrons. The van der Waals surface area contributed by atoms with E-state index >= 15 is 0 Å². The summed E-state index contributed by atoms with van der Waals surface area (Å²) in [5, 5.41) is 15.1. The van der Waals surface area contributed by atoms with Crippen molar-refractivity contribution in [1.82, 2.24) is 4.98 Å². The molecule has 0 aliphatic heterocycles. The van der Waals surface area contributed by atoms with Crippen LogP contribution in [0.1, 0.15) is 20.3 Å². The van der Waals surface area contributed by atoms with Crippen molar-refractivity contribution in [1.29, 1.82) is 0 Å². The molecule has 0 aliphatic rings. The highest BCUT2D eigenvalue weighted by atomic mass is 32.1. The first-order valence-corrected chi connectivity index (χ1v) is 4.90. The first-order chi connectivity index (χ1) is 5.68. The summed E-state index contributed by atoms with van der Waals surface area (Å²) in [5.74, 6) is 0. The van der Waals surface area contributed by atoms with E-state index in [0.717, 1.165) is 11.6 Å². The fourth-order valence-corrected chi connectivity index (χ4v) is 1.72. The molecule has 0 saturated heterocycles. The van der Waals surface area contributed by atoms with Crippen LogP contribution in [0.4, 0.5) is 5.13 Å². The van der Waals surface area contributed by atoms with Gasteiger partial charge in [-0.1, -0.05) is 0 Å². The molecule has 1 aromatic heterocycles. The molecule has 0 amide bonds. The van der Waals surface area contributed by atoms with Crippen molar-refractivity contribution >= 4 is 16.5 Å². The summed E-state index contributed by atoms with van der Waals surface area (Å²) < 4.78 is 0. The first-order valence-electron chi connectivity index (χ1n) is 4.02. The van der Waals surface area contributed by atoms with Gasteiger partial charge in [-0.25, -0.2) is 4.98 Å². The summed E-state index contributed by atoms with van der Waals surface area (Å²) in [6, 6.07) is 0.274. The van der Waals surface area contributed by atoms with E-state index in [9.17, 15) is 0 Å². The van der Waals surface area contributed by atoms with E-state index < -0.39 is 0 Å². The van der Waals surface area contributed by atoms with Crippen molar-refractivity contribution in [2.45, 2.75) is 32.4 Å². The number of hydrogen-bond donors (Lipinski definition) is 2. The van der Waals surface area contributed by atoms with Crippen LogP contribution in [0.25, 0.3) is 0 Å². The van der Waals surface area contributed by atoms with Crippen LogP contribution in [-0.2, 0) is 0 Å². The summed E-state index contributed by atoms with van der Waals surface area (Å²) in [6.45, 7) is 3.83. The predicted molar refractivity (Wildman–Crippen MR) is 51.5 cm³/mol. The third-order valence-corrected chi connectivity index (χ3v) is 2.20. The topological polar surface area (TPSA) is 45.1 Å². The second-order valence-electron chi connectivity index (χ2n) is 2.97. The quantitative estimate of drug-likeness (QED) is 0.752. The molecule has 3 nitrogen and oxygen atoms in total. The van der Waals surface area contributed by atoms with Crippen molar-refractivity contribution in [3.63, 3.8) is 0 Å². The minimum Gasteiger partial charge on any atom is -0.393 e. The number of nitrogens with zero attached hydrogens (tertiary/aromatic N) is 1. The highest BCUT2D eigenvalue weighted by molar-refractivity contribution is 7.13. The molecule has 2 atom stereocenters. The molecule has 0 saturated carbocycles. The molecule has 1 aromatic rings. The maximum absolute atomic E-state index is 9.09. The largest absolute Gasteiger partial charge is 0.393 e. The molecule has 12 heavy (non-hydrogen) atoms. The van der Waals surface area contributed by atoms with Gasteiger partial charge in [-0.05, 0) is 20.3 Å². The van der Waals surface area contributed by atoms with Gasteiger partial charge in [0.1, 0.15) is 0 Å². The van der Waals surface area contributed by atoms with Gasteiger partial charge in [0.25, 0.3) is 0 Å². The summed E-state index contributed by atoms with van der Waals surface area (Å²) in [6.07, 6.45) is 2.26. The van der Waals surface area contributed by atoms with E-state index in [1.807, 2.05) is 12.3 Å². The number of aliphatic hydroxyl groups excluding tert-OH is 1. The summed E-state index contributed by atoms with van der Waals surface area (Å²) in [5.41, 5.74) is 0. The Labute approximate surface area is 76.5 Å². The van der Waals surface area contributed by atoms with Gasteiger partial charge in [-0.3, -0.25) is 0 Å². The lowest BCUT2D eigenvalue weighted by atomic mass is 10.2. The second kappa shape index (κ2) is 4.42. The minimum atomic E-state index is -0.257. The minimum absolute atomic E-state index is 0.257. The highest BCUT2D eigenvalue weighted by Gasteiger charge is 2.06. The lowest BCUT2D eigenvalue weighted by molar-refractivity contribution is 0.179. The Hall–Kier alpha value is -0.610. The van der Waals surface area contributed by atoms with Crippen molar-refractivity contribution in [2.24, 2.45) is 0 Å². The lowest BCUT2D eigenvalue weighted by Crippen LogP contribution is -2.20.